The van der Waals surface area contributed by atoms with Gasteiger partial charge >= 0.3 is 5.97 Å². The van der Waals surface area contributed by atoms with E-state index in [1.54, 1.807) is 12.1 Å². The van der Waals surface area contributed by atoms with Gasteiger partial charge < -0.3 is 10.4 Å². The summed E-state index contributed by atoms with van der Waals surface area (Å²) >= 11 is 0. The highest BCUT2D eigenvalue weighted by molar-refractivity contribution is 5.71. The lowest BCUT2D eigenvalue weighted by molar-refractivity contribution is -0.136. The van der Waals surface area contributed by atoms with Crippen molar-refractivity contribution in [1.82, 2.24) is 0 Å². The molecule has 0 atom stereocenters. The van der Waals surface area contributed by atoms with E-state index in [0.29, 0.717) is 11.3 Å². The minimum Gasteiger partial charge on any atom is -0.481 e. The Morgan fingerprint density at radius 2 is 1.80 bits per heavy atom. The van der Waals surface area contributed by atoms with Gasteiger partial charge in [-0.05, 0) is 54.8 Å². The molecule has 2 N–H and O–H groups in total. The van der Waals surface area contributed by atoms with Gasteiger partial charge in [-0.15, -0.1) is 0 Å². The van der Waals surface area contributed by atoms with Crippen LogP contribution in [-0.4, -0.2) is 11.1 Å². The standard InChI is InChI=1S/C16H16FNO2/c1-10-5-11(2)7-13(6-10)18-15-4-3-12(8-14(15)17)9-16(19)20/h3-8,18H,9H2,1-2H3,(H,19,20). The zero-order valence-electron chi connectivity index (χ0n) is 11.4. The Balaban J connectivity index is 2.23. The van der Waals surface area contributed by atoms with Crippen LogP contribution in [0.15, 0.2) is 36.4 Å². The van der Waals surface area contributed by atoms with Crippen LogP contribution >= 0.6 is 0 Å². The van der Waals surface area contributed by atoms with Crippen LogP contribution < -0.4 is 5.32 Å². The summed E-state index contributed by atoms with van der Waals surface area (Å²) < 4.78 is 13.9. The third-order valence-electron chi connectivity index (χ3n) is 2.89. The number of anilines is 2. The first-order valence-electron chi connectivity index (χ1n) is 6.29. The lowest BCUT2D eigenvalue weighted by Crippen LogP contribution is -2.01. The number of aliphatic carboxylic acids is 1. The first-order valence-corrected chi connectivity index (χ1v) is 6.29. The van der Waals surface area contributed by atoms with Gasteiger partial charge in [0.15, 0.2) is 0 Å². The van der Waals surface area contributed by atoms with Crippen LogP contribution in [0.3, 0.4) is 0 Å². The number of hydrogen-bond donors (Lipinski definition) is 2. The van der Waals surface area contributed by atoms with Crippen molar-refractivity contribution in [2.75, 3.05) is 5.32 Å². The Morgan fingerprint density at radius 3 is 2.35 bits per heavy atom. The molecule has 0 heterocycles. The molecule has 0 saturated heterocycles. The zero-order chi connectivity index (χ0) is 14.7. The number of aryl methyl sites for hydroxylation is 2. The molecular weight excluding hydrogens is 257 g/mol. The third-order valence-corrected chi connectivity index (χ3v) is 2.89. The highest BCUT2D eigenvalue weighted by Gasteiger charge is 2.07. The first kappa shape index (κ1) is 14.1. The maximum Gasteiger partial charge on any atom is 0.307 e. The second-order valence-electron chi connectivity index (χ2n) is 4.89. The van der Waals surface area contributed by atoms with E-state index in [-0.39, 0.29) is 6.42 Å². The Hall–Kier alpha value is -2.36. The number of benzene rings is 2. The predicted molar refractivity (Wildman–Crippen MR) is 76.9 cm³/mol. The van der Waals surface area contributed by atoms with Crippen molar-refractivity contribution < 1.29 is 14.3 Å². The SMILES string of the molecule is Cc1cc(C)cc(Nc2ccc(CC(=O)O)cc2F)c1. The van der Waals surface area contributed by atoms with E-state index in [4.69, 9.17) is 5.11 Å². The highest BCUT2D eigenvalue weighted by atomic mass is 19.1. The Morgan fingerprint density at radius 1 is 1.15 bits per heavy atom. The summed E-state index contributed by atoms with van der Waals surface area (Å²) in [5.41, 5.74) is 3.78. The predicted octanol–water partition coefficient (Wildman–Crippen LogP) is 3.81. The molecule has 0 radical (unpaired) electrons. The van der Waals surface area contributed by atoms with Crippen molar-refractivity contribution in [2.24, 2.45) is 0 Å². The fourth-order valence-electron chi connectivity index (χ4n) is 2.15. The second kappa shape index (κ2) is 5.74. The molecular formula is C16H16FNO2. The lowest BCUT2D eigenvalue weighted by Gasteiger charge is -2.10. The van der Waals surface area contributed by atoms with Crippen LogP contribution in [0.25, 0.3) is 0 Å². The van der Waals surface area contributed by atoms with E-state index in [2.05, 4.69) is 5.32 Å². The molecule has 4 heteroatoms. The van der Waals surface area contributed by atoms with Gasteiger partial charge in [0.05, 0.1) is 12.1 Å². The van der Waals surface area contributed by atoms with Gasteiger partial charge in [-0.1, -0.05) is 12.1 Å². The topological polar surface area (TPSA) is 49.3 Å². The molecule has 2 rings (SSSR count). The second-order valence-corrected chi connectivity index (χ2v) is 4.89. The van der Waals surface area contributed by atoms with E-state index in [9.17, 15) is 9.18 Å². The number of halogens is 1. The molecule has 0 aromatic heterocycles. The third kappa shape index (κ3) is 3.57. The van der Waals surface area contributed by atoms with Crippen molar-refractivity contribution in [3.05, 3.63) is 58.9 Å². The number of rotatable bonds is 4. The van der Waals surface area contributed by atoms with Crippen molar-refractivity contribution in [1.29, 1.82) is 0 Å². The number of nitrogens with one attached hydrogen (secondary N) is 1. The van der Waals surface area contributed by atoms with Crippen molar-refractivity contribution >= 4 is 17.3 Å². The highest BCUT2D eigenvalue weighted by Crippen LogP contribution is 2.23. The number of carboxylic acids is 1. The molecule has 20 heavy (non-hydrogen) atoms. The van der Waals surface area contributed by atoms with Crippen LogP contribution in [0.2, 0.25) is 0 Å². The smallest absolute Gasteiger partial charge is 0.307 e. The van der Waals surface area contributed by atoms with Crippen LogP contribution in [0.5, 0.6) is 0 Å². The van der Waals surface area contributed by atoms with Gasteiger partial charge in [-0.3, -0.25) is 4.79 Å². The summed E-state index contributed by atoms with van der Waals surface area (Å²) in [6.45, 7) is 3.95. The van der Waals surface area contributed by atoms with Gasteiger partial charge in [-0.25, -0.2) is 4.39 Å². The summed E-state index contributed by atoms with van der Waals surface area (Å²) in [5, 5.41) is 11.7. The lowest BCUT2D eigenvalue weighted by atomic mass is 10.1. The molecule has 0 bridgehead atoms. The van der Waals surface area contributed by atoms with Gasteiger partial charge in [0.1, 0.15) is 5.82 Å². The normalized spacial score (nSPS) is 10.3. The average Bonchev–Trinajstić information content (AvgIpc) is 2.30. The van der Waals surface area contributed by atoms with E-state index in [1.165, 1.54) is 6.07 Å². The molecule has 0 unspecified atom stereocenters. The van der Waals surface area contributed by atoms with E-state index in [0.717, 1.165) is 16.8 Å². The molecule has 2 aromatic carbocycles. The fourth-order valence-corrected chi connectivity index (χ4v) is 2.15. The maximum absolute atomic E-state index is 13.9. The van der Waals surface area contributed by atoms with Gasteiger partial charge in [0, 0.05) is 5.69 Å². The van der Waals surface area contributed by atoms with Crippen LogP contribution in [0.1, 0.15) is 16.7 Å². The molecule has 0 aliphatic heterocycles. The first-order chi connectivity index (χ1) is 9.44. The van der Waals surface area contributed by atoms with Crippen molar-refractivity contribution in [3.8, 4) is 0 Å². The Labute approximate surface area is 117 Å². The molecule has 2 aromatic rings. The minimum atomic E-state index is -0.973. The molecule has 0 amide bonds. The molecule has 0 aliphatic carbocycles. The van der Waals surface area contributed by atoms with Crippen molar-refractivity contribution in [2.45, 2.75) is 20.3 Å². The number of carboxylic acid groups (broad SMARTS) is 1. The van der Waals surface area contributed by atoms with Crippen LogP contribution in [0.4, 0.5) is 15.8 Å². The van der Waals surface area contributed by atoms with Crippen LogP contribution in [0, 0.1) is 19.7 Å². The summed E-state index contributed by atoms with van der Waals surface area (Å²) in [7, 11) is 0. The van der Waals surface area contributed by atoms with E-state index >= 15 is 0 Å². The van der Waals surface area contributed by atoms with Crippen LogP contribution in [-0.2, 0) is 11.2 Å². The Kier molecular flexibility index (Phi) is 4.03. The maximum atomic E-state index is 13.9. The summed E-state index contributed by atoms with van der Waals surface area (Å²) in [6.07, 6.45) is -0.180. The van der Waals surface area contributed by atoms with Crippen molar-refractivity contribution in [3.63, 3.8) is 0 Å². The zero-order valence-corrected chi connectivity index (χ0v) is 11.4. The van der Waals surface area contributed by atoms with E-state index < -0.39 is 11.8 Å². The molecule has 0 saturated carbocycles. The number of carbonyl (C=O) groups is 1. The summed E-state index contributed by atoms with van der Waals surface area (Å²) in [5.74, 6) is -1.43. The summed E-state index contributed by atoms with van der Waals surface area (Å²) in [4.78, 5) is 10.6. The molecule has 0 fully saturated rings. The largest absolute Gasteiger partial charge is 0.481 e. The van der Waals surface area contributed by atoms with Gasteiger partial charge in [0.25, 0.3) is 0 Å². The monoisotopic (exact) mass is 273 g/mol. The minimum absolute atomic E-state index is 0.180. The van der Waals surface area contributed by atoms with Gasteiger partial charge in [-0.2, -0.15) is 0 Å². The average molecular weight is 273 g/mol. The fraction of sp³-hybridized carbons (Fsp3) is 0.188. The molecule has 0 aliphatic rings. The number of hydrogen-bond acceptors (Lipinski definition) is 2. The summed E-state index contributed by atoms with van der Waals surface area (Å²) in [6, 6.07) is 10.3. The molecule has 0 spiro atoms. The Bertz CT molecular complexity index is 633. The molecule has 3 nitrogen and oxygen atoms in total. The van der Waals surface area contributed by atoms with E-state index in [1.807, 2.05) is 32.0 Å². The molecule has 104 valence electrons. The quantitative estimate of drug-likeness (QED) is 0.890. The van der Waals surface area contributed by atoms with Gasteiger partial charge in [0.2, 0.25) is 0 Å².